The number of hydrogen-bond acceptors (Lipinski definition) is 4. The largest absolute Gasteiger partial charge is 0.444 e. The van der Waals surface area contributed by atoms with Crippen molar-refractivity contribution in [2.75, 3.05) is 26.3 Å². The average Bonchev–Trinajstić information content (AvgIpc) is 2.13. The van der Waals surface area contributed by atoms with Gasteiger partial charge in [-0.25, -0.2) is 4.79 Å². The second-order valence-corrected chi connectivity index (χ2v) is 6.02. The van der Waals surface area contributed by atoms with Gasteiger partial charge >= 0.3 is 6.09 Å². The number of nitrogens with zero attached hydrogens (tertiary/aromatic N) is 1. The third kappa shape index (κ3) is 2.90. The van der Waals surface area contributed by atoms with Gasteiger partial charge in [-0.1, -0.05) is 0 Å². The molecule has 0 spiro atoms. The van der Waals surface area contributed by atoms with Gasteiger partial charge in [0.15, 0.2) is 0 Å². The first-order valence-electron chi connectivity index (χ1n) is 6.18. The highest BCUT2D eigenvalue weighted by atomic mass is 16.6. The molecule has 2 fully saturated rings. The van der Waals surface area contributed by atoms with Gasteiger partial charge in [-0.3, -0.25) is 0 Å². The van der Waals surface area contributed by atoms with Gasteiger partial charge in [-0.05, 0) is 20.8 Å². The number of hydrogen-bond donors (Lipinski definition) is 1. The summed E-state index contributed by atoms with van der Waals surface area (Å²) in [5.41, 5.74) is 5.67. The van der Waals surface area contributed by atoms with Crippen molar-refractivity contribution >= 4 is 6.09 Å². The molecule has 1 amide bonds. The fourth-order valence-corrected chi connectivity index (χ4v) is 2.44. The maximum absolute atomic E-state index is 12.0. The smallest absolute Gasteiger partial charge is 0.410 e. The number of ether oxygens (including phenoxy) is 2. The Morgan fingerprint density at radius 3 is 2.29 bits per heavy atom. The maximum atomic E-state index is 12.0. The standard InChI is InChI=1S/C12H22N2O3/c1-12(2,3)17-11(15)14-4-8-6-16-7-9(5-14)10(8)13/h8-10H,4-7,13H2,1-3H3. The maximum Gasteiger partial charge on any atom is 0.410 e. The van der Waals surface area contributed by atoms with E-state index in [1.807, 2.05) is 20.8 Å². The molecule has 5 heteroatoms. The Kier molecular flexibility index (Phi) is 3.32. The molecule has 0 aliphatic carbocycles. The van der Waals surface area contributed by atoms with Crippen molar-refractivity contribution in [2.24, 2.45) is 17.6 Å². The number of carbonyl (C=O) groups excluding carboxylic acids is 1. The highest BCUT2D eigenvalue weighted by molar-refractivity contribution is 5.68. The zero-order valence-corrected chi connectivity index (χ0v) is 10.8. The Morgan fingerprint density at radius 2 is 1.82 bits per heavy atom. The molecule has 2 aliphatic rings. The van der Waals surface area contributed by atoms with Crippen molar-refractivity contribution in [3.63, 3.8) is 0 Å². The van der Waals surface area contributed by atoms with Gasteiger partial charge in [-0.15, -0.1) is 0 Å². The third-order valence-corrected chi connectivity index (χ3v) is 3.31. The molecule has 0 radical (unpaired) electrons. The number of amides is 1. The minimum Gasteiger partial charge on any atom is -0.444 e. The van der Waals surface area contributed by atoms with Gasteiger partial charge in [-0.2, -0.15) is 0 Å². The number of nitrogens with two attached hydrogens (primary N) is 1. The van der Waals surface area contributed by atoms with E-state index < -0.39 is 5.60 Å². The van der Waals surface area contributed by atoms with Crippen LogP contribution in [-0.2, 0) is 9.47 Å². The Hall–Kier alpha value is -0.810. The molecule has 2 aliphatic heterocycles. The fraction of sp³-hybridized carbons (Fsp3) is 0.917. The molecule has 5 nitrogen and oxygen atoms in total. The summed E-state index contributed by atoms with van der Waals surface area (Å²) in [7, 11) is 0. The van der Waals surface area contributed by atoms with Crippen LogP contribution >= 0.6 is 0 Å². The molecular formula is C12H22N2O3. The summed E-state index contributed by atoms with van der Waals surface area (Å²) in [4.78, 5) is 13.7. The molecule has 0 aromatic rings. The van der Waals surface area contributed by atoms with E-state index in [1.165, 1.54) is 0 Å². The first-order chi connectivity index (χ1) is 7.87. The summed E-state index contributed by atoms with van der Waals surface area (Å²) in [5, 5.41) is 0. The second kappa shape index (κ2) is 4.46. The van der Waals surface area contributed by atoms with Crippen LogP contribution in [-0.4, -0.2) is 48.9 Å². The van der Waals surface area contributed by atoms with Gasteiger partial charge in [0.05, 0.1) is 13.2 Å². The second-order valence-electron chi connectivity index (χ2n) is 6.02. The molecule has 2 bridgehead atoms. The summed E-state index contributed by atoms with van der Waals surface area (Å²) < 4.78 is 10.9. The van der Waals surface area contributed by atoms with Gasteiger partial charge < -0.3 is 20.1 Å². The van der Waals surface area contributed by atoms with E-state index in [-0.39, 0.29) is 24.0 Å². The predicted molar refractivity (Wildman–Crippen MR) is 63.6 cm³/mol. The lowest BCUT2D eigenvalue weighted by molar-refractivity contribution is -0.0598. The molecule has 98 valence electrons. The van der Waals surface area contributed by atoms with Gasteiger partial charge in [0.25, 0.3) is 0 Å². The van der Waals surface area contributed by atoms with Crippen molar-refractivity contribution in [3.8, 4) is 0 Å². The van der Waals surface area contributed by atoms with E-state index in [0.717, 1.165) is 0 Å². The number of likely N-dealkylation sites (tertiary alicyclic amines) is 1. The lowest BCUT2D eigenvalue weighted by atomic mass is 9.83. The summed E-state index contributed by atoms with van der Waals surface area (Å²) in [5.74, 6) is 0.491. The molecule has 17 heavy (non-hydrogen) atoms. The summed E-state index contributed by atoms with van der Waals surface area (Å²) in [6.07, 6.45) is -0.235. The Bertz CT molecular complexity index is 287. The molecule has 2 unspecified atom stereocenters. The van der Waals surface area contributed by atoms with Crippen molar-refractivity contribution < 1.29 is 14.3 Å². The van der Waals surface area contributed by atoms with Gasteiger partial charge in [0.1, 0.15) is 5.60 Å². The summed E-state index contributed by atoms with van der Waals surface area (Å²) >= 11 is 0. The lowest BCUT2D eigenvalue weighted by Gasteiger charge is -2.45. The lowest BCUT2D eigenvalue weighted by Crippen LogP contribution is -2.60. The molecule has 2 N–H and O–H groups in total. The Labute approximate surface area is 102 Å². The number of fused-ring (bicyclic) bond motifs is 2. The van der Waals surface area contributed by atoms with Crippen LogP contribution in [0.5, 0.6) is 0 Å². The van der Waals surface area contributed by atoms with Crippen molar-refractivity contribution in [1.29, 1.82) is 0 Å². The zero-order valence-electron chi connectivity index (χ0n) is 10.8. The van der Waals surface area contributed by atoms with Crippen LogP contribution in [0.15, 0.2) is 0 Å². The SMILES string of the molecule is CC(C)(C)OC(=O)N1CC2COCC(C1)C2N. The van der Waals surface area contributed by atoms with Gasteiger partial charge in [0, 0.05) is 31.0 Å². The molecule has 0 saturated carbocycles. The third-order valence-electron chi connectivity index (χ3n) is 3.31. The van der Waals surface area contributed by atoms with Crippen molar-refractivity contribution in [3.05, 3.63) is 0 Å². The quantitative estimate of drug-likeness (QED) is 0.683. The summed E-state index contributed by atoms with van der Waals surface area (Å²) in [6.45, 7) is 8.23. The molecule has 2 heterocycles. The molecule has 0 aromatic carbocycles. The number of carbonyl (C=O) groups is 1. The highest BCUT2D eigenvalue weighted by Gasteiger charge is 2.40. The average molecular weight is 242 g/mol. The summed E-state index contributed by atoms with van der Waals surface area (Å²) in [6, 6.07) is 0.155. The monoisotopic (exact) mass is 242 g/mol. The minimum absolute atomic E-state index is 0.155. The van der Waals surface area contributed by atoms with Crippen LogP contribution in [0.4, 0.5) is 4.79 Å². The van der Waals surface area contributed by atoms with E-state index in [1.54, 1.807) is 4.90 Å². The van der Waals surface area contributed by atoms with Crippen LogP contribution in [0.25, 0.3) is 0 Å². The highest BCUT2D eigenvalue weighted by Crippen LogP contribution is 2.27. The zero-order chi connectivity index (χ0) is 12.6. The fourth-order valence-electron chi connectivity index (χ4n) is 2.44. The topological polar surface area (TPSA) is 64.8 Å². The molecule has 2 rings (SSSR count). The number of piperidine rings is 1. The molecule has 2 atom stereocenters. The Balaban J connectivity index is 1.97. The van der Waals surface area contributed by atoms with Crippen LogP contribution in [0.3, 0.4) is 0 Å². The minimum atomic E-state index is -0.442. The molecular weight excluding hydrogens is 220 g/mol. The van der Waals surface area contributed by atoms with Crippen LogP contribution in [0, 0.1) is 11.8 Å². The van der Waals surface area contributed by atoms with Crippen molar-refractivity contribution in [1.82, 2.24) is 4.90 Å². The predicted octanol–water partition coefficient (Wildman–Crippen LogP) is 0.827. The van der Waals surface area contributed by atoms with E-state index in [4.69, 9.17) is 15.2 Å². The van der Waals surface area contributed by atoms with Crippen LogP contribution < -0.4 is 5.73 Å². The van der Waals surface area contributed by atoms with E-state index in [2.05, 4.69) is 0 Å². The van der Waals surface area contributed by atoms with Crippen LogP contribution in [0.2, 0.25) is 0 Å². The Morgan fingerprint density at radius 1 is 1.29 bits per heavy atom. The normalized spacial score (nSPS) is 33.4. The van der Waals surface area contributed by atoms with Crippen LogP contribution in [0.1, 0.15) is 20.8 Å². The first-order valence-corrected chi connectivity index (χ1v) is 6.18. The molecule has 2 saturated heterocycles. The van der Waals surface area contributed by atoms with E-state index >= 15 is 0 Å². The first kappa shape index (κ1) is 12.6. The van der Waals surface area contributed by atoms with E-state index in [9.17, 15) is 4.79 Å². The molecule has 0 aromatic heterocycles. The number of rotatable bonds is 0. The van der Waals surface area contributed by atoms with Crippen molar-refractivity contribution in [2.45, 2.75) is 32.4 Å². The van der Waals surface area contributed by atoms with E-state index in [0.29, 0.717) is 26.3 Å². The van der Waals surface area contributed by atoms with Gasteiger partial charge in [0.2, 0.25) is 0 Å².